The van der Waals surface area contributed by atoms with E-state index in [1.54, 1.807) is 0 Å². The van der Waals surface area contributed by atoms with Crippen LogP contribution in [0.4, 0.5) is 0 Å². The van der Waals surface area contributed by atoms with Gasteiger partial charge in [0.1, 0.15) is 0 Å². The largest absolute Gasteiger partial charge is 0.469 e. The minimum Gasteiger partial charge on any atom is -0.469 e. The van der Waals surface area contributed by atoms with Crippen molar-refractivity contribution in [3.63, 3.8) is 0 Å². The van der Waals surface area contributed by atoms with Gasteiger partial charge in [-0.25, -0.2) is 0 Å². The minimum atomic E-state index is -0.153. The lowest BCUT2D eigenvalue weighted by Gasteiger charge is -2.08. The van der Waals surface area contributed by atoms with Crippen LogP contribution in [-0.4, -0.2) is 37.7 Å². The van der Waals surface area contributed by atoms with Crippen LogP contribution in [0, 0.1) is 0 Å². The van der Waals surface area contributed by atoms with Gasteiger partial charge in [-0.1, -0.05) is 6.92 Å². The molecule has 72 valence electrons. The summed E-state index contributed by atoms with van der Waals surface area (Å²) < 4.78 is 4.50. The third-order valence-electron chi connectivity index (χ3n) is 1.57. The topological polar surface area (TPSA) is 38.3 Å². The number of esters is 1. The summed E-state index contributed by atoms with van der Waals surface area (Å²) in [6.07, 6.45) is 2.53. The van der Waals surface area contributed by atoms with E-state index in [1.807, 2.05) is 11.8 Å². The highest BCUT2D eigenvalue weighted by molar-refractivity contribution is 7.99. The SMILES string of the molecule is COC(=O)CCNCC(C)SC. The van der Waals surface area contributed by atoms with E-state index < -0.39 is 0 Å². The monoisotopic (exact) mass is 191 g/mol. The lowest BCUT2D eigenvalue weighted by atomic mass is 10.4. The summed E-state index contributed by atoms with van der Waals surface area (Å²) in [5, 5.41) is 3.78. The second-order valence-corrected chi connectivity index (χ2v) is 3.85. The Morgan fingerprint density at radius 3 is 2.83 bits per heavy atom. The van der Waals surface area contributed by atoms with E-state index in [4.69, 9.17) is 0 Å². The van der Waals surface area contributed by atoms with Crippen molar-refractivity contribution in [2.45, 2.75) is 18.6 Å². The molecule has 0 spiro atoms. The smallest absolute Gasteiger partial charge is 0.306 e. The quantitative estimate of drug-likeness (QED) is 0.500. The molecule has 0 rings (SSSR count). The molecule has 1 atom stereocenters. The number of hydrogen-bond donors (Lipinski definition) is 1. The Bertz CT molecular complexity index is 130. The Kier molecular flexibility index (Phi) is 7.29. The fraction of sp³-hybridized carbons (Fsp3) is 0.875. The molecule has 4 heteroatoms. The molecule has 0 heterocycles. The van der Waals surface area contributed by atoms with Crippen LogP contribution in [0.5, 0.6) is 0 Å². The first-order chi connectivity index (χ1) is 5.70. The Labute approximate surface area is 78.2 Å². The number of methoxy groups -OCH3 is 1. The van der Waals surface area contributed by atoms with Crippen LogP contribution < -0.4 is 5.32 Å². The van der Waals surface area contributed by atoms with E-state index in [1.165, 1.54) is 7.11 Å². The van der Waals surface area contributed by atoms with Crippen molar-refractivity contribution in [2.75, 3.05) is 26.5 Å². The Balaban J connectivity index is 3.15. The van der Waals surface area contributed by atoms with Gasteiger partial charge in [0.15, 0.2) is 0 Å². The van der Waals surface area contributed by atoms with Gasteiger partial charge in [0.2, 0.25) is 0 Å². The van der Waals surface area contributed by atoms with Crippen molar-refractivity contribution in [1.82, 2.24) is 5.32 Å². The molecule has 0 saturated heterocycles. The molecule has 0 aromatic rings. The maximum absolute atomic E-state index is 10.7. The number of hydrogen-bond acceptors (Lipinski definition) is 4. The predicted octanol–water partition coefficient (Wildman–Crippen LogP) is 0.891. The number of thioether (sulfide) groups is 1. The molecule has 0 amide bonds. The van der Waals surface area contributed by atoms with Crippen molar-refractivity contribution < 1.29 is 9.53 Å². The summed E-state index contributed by atoms with van der Waals surface area (Å²) in [4.78, 5) is 10.7. The fourth-order valence-electron chi connectivity index (χ4n) is 0.681. The normalized spacial score (nSPS) is 12.6. The summed E-state index contributed by atoms with van der Waals surface area (Å²) >= 11 is 1.81. The number of carbonyl (C=O) groups excluding carboxylic acids is 1. The number of carbonyl (C=O) groups is 1. The van der Waals surface area contributed by atoms with Crippen molar-refractivity contribution in [3.8, 4) is 0 Å². The Hall–Kier alpha value is -0.220. The van der Waals surface area contributed by atoms with Crippen molar-refractivity contribution in [3.05, 3.63) is 0 Å². The summed E-state index contributed by atoms with van der Waals surface area (Å²) in [5.41, 5.74) is 0. The number of rotatable bonds is 6. The van der Waals surface area contributed by atoms with Gasteiger partial charge in [-0.2, -0.15) is 11.8 Å². The van der Waals surface area contributed by atoms with Gasteiger partial charge in [0.05, 0.1) is 13.5 Å². The van der Waals surface area contributed by atoms with E-state index >= 15 is 0 Å². The Morgan fingerprint density at radius 2 is 2.33 bits per heavy atom. The average Bonchev–Trinajstić information content (AvgIpc) is 2.11. The molecular formula is C8H17NO2S. The molecule has 1 N–H and O–H groups in total. The van der Waals surface area contributed by atoms with Gasteiger partial charge in [0.25, 0.3) is 0 Å². The van der Waals surface area contributed by atoms with E-state index in [2.05, 4.69) is 23.2 Å². The van der Waals surface area contributed by atoms with Gasteiger partial charge < -0.3 is 10.1 Å². The molecule has 0 bridgehead atoms. The third kappa shape index (κ3) is 6.49. The predicted molar refractivity (Wildman–Crippen MR) is 52.5 cm³/mol. The average molecular weight is 191 g/mol. The first kappa shape index (κ1) is 11.8. The molecule has 0 aliphatic rings. The lowest BCUT2D eigenvalue weighted by molar-refractivity contribution is -0.140. The highest BCUT2D eigenvalue weighted by Gasteiger charge is 2.00. The maximum Gasteiger partial charge on any atom is 0.306 e. The second kappa shape index (κ2) is 7.43. The third-order valence-corrected chi connectivity index (χ3v) is 2.54. The van der Waals surface area contributed by atoms with E-state index in [0.29, 0.717) is 18.2 Å². The van der Waals surface area contributed by atoms with Gasteiger partial charge in [-0.15, -0.1) is 0 Å². The standard InChI is InChI=1S/C8H17NO2S/c1-7(12-3)6-9-5-4-8(10)11-2/h7,9H,4-6H2,1-3H3. The lowest BCUT2D eigenvalue weighted by Crippen LogP contribution is -2.25. The molecule has 0 saturated carbocycles. The van der Waals surface area contributed by atoms with Gasteiger partial charge in [-0.05, 0) is 6.26 Å². The van der Waals surface area contributed by atoms with E-state index in [0.717, 1.165) is 6.54 Å². The molecule has 1 unspecified atom stereocenters. The van der Waals surface area contributed by atoms with Crippen LogP contribution in [0.2, 0.25) is 0 Å². The van der Waals surface area contributed by atoms with Crippen LogP contribution >= 0.6 is 11.8 Å². The zero-order valence-corrected chi connectivity index (χ0v) is 8.74. The number of ether oxygens (including phenoxy) is 1. The second-order valence-electron chi connectivity index (χ2n) is 2.58. The summed E-state index contributed by atoms with van der Waals surface area (Å²) in [6.45, 7) is 3.80. The molecule has 3 nitrogen and oxygen atoms in total. The molecule has 0 aromatic carbocycles. The highest BCUT2D eigenvalue weighted by Crippen LogP contribution is 2.02. The highest BCUT2D eigenvalue weighted by atomic mass is 32.2. The van der Waals surface area contributed by atoms with Gasteiger partial charge in [0, 0.05) is 18.3 Å². The summed E-state index contributed by atoms with van der Waals surface area (Å²) in [7, 11) is 1.41. The minimum absolute atomic E-state index is 0.153. The molecule has 12 heavy (non-hydrogen) atoms. The Morgan fingerprint density at radius 1 is 1.67 bits per heavy atom. The van der Waals surface area contributed by atoms with Gasteiger partial charge in [-0.3, -0.25) is 4.79 Å². The van der Waals surface area contributed by atoms with Crippen LogP contribution in [0.25, 0.3) is 0 Å². The molecular weight excluding hydrogens is 174 g/mol. The van der Waals surface area contributed by atoms with Crippen molar-refractivity contribution in [2.24, 2.45) is 0 Å². The molecule has 0 radical (unpaired) electrons. The van der Waals surface area contributed by atoms with E-state index in [9.17, 15) is 4.79 Å². The molecule has 0 fully saturated rings. The van der Waals surface area contributed by atoms with Crippen molar-refractivity contribution in [1.29, 1.82) is 0 Å². The van der Waals surface area contributed by atoms with E-state index in [-0.39, 0.29) is 5.97 Å². The van der Waals surface area contributed by atoms with Crippen molar-refractivity contribution >= 4 is 17.7 Å². The number of nitrogens with one attached hydrogen (secondary N) is 1. The van der Waals surface area contributed by atoms with Gasteiger partial charge >= 0.3 is 5.97 Å². The molecule has 0 aromatic heterocycles. The summed E-state index contributed by atoms with van der Waals surface area (Å²) in [6, 6.07) is 0. The first-order valence-electron chi connectivity index (χ1n) is 4.01. The fourth-order valence-corrected chi connectivity index (χ4v) is 0.966. The maximum atomic E-state index is 10.7. The van der Waals surface area contributed by atoms with Crippen LogP contribution in [0.1, 0.15) is 13.3 Å². The summed E-state index contributed by atoms with van der Waals surface area (Å²) in [5.74, 6) is -0.153. The zero-order valence-electron chi connectivity index (χ0n) is 7.92. The molecule has 0 aliphatic heterocycles. The molecule has 0 aliphatic carbocycles. The van der Waals surface area contributed by atoms with Crippen LogP contribution in [-0.2, 0) is 9.53 Å². The first-order valence-corrected chi connectivity index (χ1v) is 5.29. The van der Waals surface area contributed by atoms with Crippen LogP contribution in [0.3, 0.4) is 0 Å². The van der Waals surface area contributed by atoms with Crippen LogP contribution in [0.15, 0.2) is 0 Å². The zero-order chi connectivity index (χ0) is 9.40.